The first-order valence-electron chi connectivity index (χ1n) is 10.1. The van der Waals surface area contributed by atoms with Crippen molar-refractivity contribution in [3.63, 3.8) is 0 Å². The second kappa shape index (κ2) is 7.85. The van der Waals surface area contributed by atoms with Crippen LogP contribution in [-0.4, -0.2) is 32.3 Å². The van der Waals surface area contributed by atoms with Crippen LogP contribution in [0.2, 0.25) is 5.02 Å². The van der Waals surface area contributed by atoms with E-state index in [9.17, 15) is 14.7 Å². The molecule has 0 atom stereocenters. The number of aliphatic carboxylic acids is 1. The van der Waals surface area contributed by atoms with Gasteiger partial charge in [0.05, 0.1) is 17.7 Å². The fourth-order valence-electron chi connectivity index (χ4n) is 4.23. The highest BCUT2D eigenvalue weighted by molar-refractivity contribution is 6.31. The van der Waals surface area contributed by atoms with Crippen LogP contribution >= 0.6 is 11.6 Å². The number of carboxylic acid groups (broad SMARTS) is 1. The number of halogens is 1. The van der Waals surface area contributed by atoms with Gasteiger partial charge in [-0.1, -0.05) is 55.8 Å². The molecular formula is C24H24ClN3O3. The molecule has 1 amide bonds. The fraction of sp³-hybridized carbons (Fsp3) is 0.292. The lowest BCUT2D eigenvalue weighted by atomic mass is 9.82. The van der Waals surface area contributed by atoms with Gasteiger partial charge in [-0.25, -0.2) is 5.01 Å². The van der Waals surface area contributed by atoms with Gasteiger partial charge in [0.1, 0.15) is 6.54 Å². The van der Waals surface area contributed by atoms with Crippen molar-refractivity contribution in [1.29, 1.82) is 0 Å². The van der Waals surface area contributed by atoms with Gasteiger partial charge in [-0.15, -0.1) is 0 Å². The molecule has 0 saturated heterocycles. The van der Waals surface area contributed by atoms with Gasteiger partial charge in [0.25, 0.3) is 0 Å². The van der Waals surface area contributed by atoms with Gasteiger partial charge >= 0.3 is 5.97 Å². The van der Waals surface area contributed by atoms with Crippen LogP contribution in [0.4, 0.5) is 0 Å². The zero-order valence-electron chi connectivity index (χ0n) is 17.7. The predicted molar refractivity (Wildman–Crippen MR) is 121 cm³/mol. The molecule has 6 nitrogen and oxygen atoms in total. The zero-order chi connectivity index (χ0) is 22.3. The van der Waals surface area contributed by atoms with Crippen molar-refractivity contribution in [2.45, 2.75) is 40.3 Å². The average molecular weight is 438 g/mol. The number of hydrogen-bond acceptors (Lipinski definition) is 3. The Bertz CT molecular complexity index is 1210. The third-order valence-electron chi connectivity index (χ3n) is 5.71. The molecule has 2 aromatic carbocycles. The Labute approximate surface area is 185 Å². The molecular weight excluding hydrogens is 414 g/mol. The van der Waals surface area contributed by atoms with Gasteiger partial charge in [0.15, 0.2) is 0 Å². The third-order valence-corrected chi connectivity index (χ3v) is 5.94. The molecule has 4 rings (SSSR count). The van der Waals surface area contributed by atoms with Gasteiger partial charge in [0.2, 0.25) is 5.91 Å². The smallest absolute Gasteiger partial charge is 0.323 e. The molecule has 0 spiro atoms. The van der Waals surface area contributed by atoms with Crippen molar-refractivity contribution in [2.75, 3.05) is 0 Å². The number of hydrogen-bond donors (Lipinski definition) is 1. The van der Waals surface area contributed by atoms with Gasteiger partial charge in [0, 0.05) is 33.6 Å². The molecule has 0 radical (unpaired) electrons. The summed E-state index contributed by atoms with van der Waals surface area (Å²) < 4.78 is 1.76. The van der Waals surface area contributed by atoms with E-state index in [4.69, 9.17) is 16.7 Å². The number of carbonyl (C=O) groups is 2. The van der Waals surface area contributed by atoms with Crippen LogP contribution in [0, 0.1) is 12.3 Å². The van der Waals surface area contributed by atoms with E-state index >= 15 is 0 Å². The summed E-state index contributed by atoms with van der Waals surface area (Å²) in [5, 5.41) is 17.1. The van der Waals surface area contributed by atoms with Crippen LogP contribution in [0.15, 0.2) is 53.6 Å². The number of carboxylic acids is 1. The lowest BCUT2D eigenvalue weighted by Crippen LogP contribution is -2.43. The summed E-state index contributed by atoms with van der Waals surface area (Å²) in [5.41, 5.74) is 3.53. The number of nitrogens with zero attached hydrogens (tertiary/aromatic N) is 3. The van der Waals surface area contributed by atoms with E-state index in [0.717, 1.165) is 33.4 Å². The SMILES string of the molecule is Cc1c(C2=NN(Cc3ccccc3)C(=O)C(C)(C)C2)c2cc(Cl)ccc2n1CC(=O)O. The van der Waals surface area contributed by atoms with Crippen molar-refractivity contribution >= 4 is 40.1 Å². The second-order valence-corrected chi connectivity index (χ2v) is 8.99. The molecule has 0 bridgehead atoms. The number of carbonyl (C=O) groups excluding carboxylic acids is 1. The van der Waals surface area contributed by atoms with Gasteiger partial charge in [-0.05, 0) is 30.7 Å². The molecule has 1 aliphatic rings. The van der Waals surface area contributed by atoms with Crippen LogP contribution in [0.25, 0.3) is 10.9 Å². The van der Waals surface area contributed by atoms with Crippen molar-refractivity contribution < 1.29 is 14.7 Å². The van der Waals surface area contributed by atoms with E-state index in [0.29, 0.717) is 18.0 Å². The molecule has 160 valence electrons. The molecule has 31 heavy (non-hydrogen) atoms. The molecule has 0 saturated carbocycles. The van der Waals surface area contributed by atoms with Crippen LogP contribution in [-0.2, 0) is 22.7 Å². The van der Waals surface area contributed by atoms with E-state index in [-0.39, 0.29) is 12.5 Å². The average Bonchev–Trinajstić information content (AvgIpc) is 2.96. The lowest BCUT2D eigenvalue weighted by molar-refractivity contribution is -0.142. The summed E-state index contributed by atoms with van der Waals surface area (Å²) in [7, 11) is 0. The maximum absolute atomic E-state index is 13.1. The number of benzene rings is 2. The summed E-state index contributed by atoms with van der Waals surface area (Å²) in [4.78, 5) is 24.6. The molecule has 7 heteroatoms. The van der Waals surface area contributed by atoms with Crippen molar-refractivity contribution in [1.82, 2.24) is 9.58 Å². The Morgan fingerprint density at radius 3 is 2.58 bits per heavy atom. The predicted octanol–water partition coefficient (Wildman–Crippen LogP) is 4.85. The summed E-state index contributed by atoms with van der Waals surface area (Å²) in [6.45, 7) is 5.94. The van der Waals surface area contributed by atoms with Crippen LogP contribution in [0.3, 0.4) is 0 Å². The maximum Gasteiger partial charge on any atom is 0.323 e. The first-order valence-corrected chi connectivity index (χ1v) is 10.5. The number of hydrazone groups is 1. The first-order chi connectivity index (χ1) is 14.7. The van der Waals surface area contributed by atoms with E-state index in [1.807, 2.05) is 63.2 Å². The highest BCUT2D eigenvalue weighted by Crippen LogP contribution is 2.36. The monoisotopic (exact) mass is 437 g/mol. The molecule has 2 heterocycles. The van der Waals surface area contributed by atoms with Crippen molar-refractivity contribution in [3.8, 4) is 0 Å². The zero-order valence-corrected chi connectivity index (χ0v) is 18.5. The Balaban J connectivity index is 1.88. The highest BCUT2D eigenvalue weighted by atomic mass is 35.5. The van der Waals surface area contributed by atoms with Gasteiger partial charge in [-0.3, -0.25) is 9.59 Å². The van der Waals surface area contributed by atoms with Crippen molar-refractivity contribution in [3.05, 3.63) is 70.4 Å². The highest BCUT2D eigenvalue weighted by Gasteiger charge is 2.39. The van der Waals surface area contributed by atoms with E-state index in [2.05, 4.69) is 0 Å². The molecule has 3 aromatic rings. The molecule has 1 aliphatic heterocycles. The van der Waals surface area contributed by atoms with Crippen LogP contribution < -0.4 is 0 Å². The first kappa shape index (κ1) is 21.1. The number of rotatable bonds is 5. The second-order valence-electron chi connectivity index (χ2n) is 8.56. The molecule has 1 aromatic heterocycles. The van der Waals surface area contributed by atoms with Crippen LogP contribution in [0.5, 0.6) is 0 Å². The molecule has 1 N–H and O–H groups in total. The lowest BCUT2D eigenvalue weighted by Gasteiger charge is -2.34. The van der Waals surface area contributed by atoms with E-state index in [1.54, 1.807) is 10.6 Å². The minimum atomic E-state index is -0.923. The topological polar surface area (TPSA) is 74.9 Å². The Morgan fingerprint density at radius 2 is 1.90 bits per heavy atom. The number of aromatic nitrogens is 1. The summed E-state index contributed by atoms with van der Waals surface area (Å²) in [6.07, 6.45) is 0.455. The van der Waals surface area contributed by atoms with E-state index in [1.165, 1.54) is 5.01 Å². The Kier molecular flexibility index (Phi) is 5.35. The standard InChI is InChI=1S/C24H24ClN3O3/c1-15-22(18-11-17(25)9-10-20(18)27(15)14-21(29)30)19-12-24(2,3)23(31)28(26-19)13-16-7-5-4-6-8-16/h4-11H,12-14H2,1-3H3,(H,29,30). The molecule has 0 fully saturated rings. The minimum absolute atomic E-state index is 0.0370. The van der Waals surface area contributed by atoms with Gasteiger partial charge in [-0.2, -0.15) is 5.10 Å². The summed E-state index contributed by atoms with van der Waals surface area (Å²) in [6, 6.07) is 15.2. The third kappa shape index (κ3) is 3.95. The number of amides is 1. The largest absolute Gasteiger partial charge is 0.480 e. The quantitative estimate of drug-likeness (QED) is 0.619. The minimum Gasteiger partial charge on any atom is -0.480 e. The molecule has 0 unspecified atom stereocenters. The van der Waals surface area contributed by atoms with Gasteiger partial charge < -0.3 is 9.67 Å². The number of fused-ring (bicyclic) bond motifs is 1. The normalized spacial score (nSPS) is 15.9. The summed E-state index contributed by atoms with van der Waals surface area (Å²) >= 11 is 6.28. The van der Waals surface area contributed by atoms with Crippen LogP contribution in [0.1, 0.15) is 37.1 Å². The maximum atomic E-state index is 13.1. The van der Waals surface area contributed by atoms with Crippen molar-refractivity contribution in [2.24, 2.45) is 10.5 Å². The Hall–Kier alpha value is -3.12. The Morgan fingerprint density at radius 1 is 1.19 bits per heavy atom. The van der Waals surface area contributed by atoms with E-state index < -0.39 is 11.4 Å². The fourth-order valence-corrected chi connectivity index (χ4v) is 4.40. The molecule has 0 aliphatic carbocycles. The summed E-state index contributed by atoms with van der Waals surface area (Å²) in [5.74, 6) is -0.960.